The number of hydrogen-bond acceptors (Lipinski definition) is 1. The molecule has 0 heterocycles. The molecule has 1 aromatic carbocycles. The van der Waals surface area contributed by atoms with Gasteiger partial charge in [0.15, 0.2) is 0 Å². The van der Waals surface area contributed by atoms with Gasteiger partial charge in [-0.05, 0) is 45.0 Å². The summed E-state index contributed by atoms with van der Waals surface area (Å²) in [6.07, 6.45) is 1.01. The fraction of sp³-hybridized carbons (Fsp3) is 0.455. The van der Waals surface area contributed by atoms with E-state index in [0.717, 1.165) is 11.4 Å². The Morgan fingerprint density at radius 2 is 1.77 bits per heavy atom. The van der Waals surface area contributed by atoms with Crippen molar-refractivity contribution < 1.29 is 0 Å². The lowest BCUT2D eigenvalue weighted by Gasteiger charge is -2.23. The maximum absolute atomic E-state index is 5.80. The van der Waals surface area contributed by atoms with Gasteiger partial charge in [-0.25, -0.2) is 0 Å². The fourth-order valence-electron chi connectivity index (χ4n) is 1.20. The first-order valence-corrected chi connectivity index (χ1v) is 4.85. The monoisotopic (exact) mass is 197 g/mol. The highest BCUT2D eigenvalue weighted by atomic mass is 35.5. The van der Waals surface area contributed by atoms with Crippen LogP contribution in [-0.2, 0) is 6.42 Å². The van der Waals surface area contributed by atoms with Crippen LogP contribution >= 0.6 is 11.6 Å². The average molecular weight is 198 g/mol. The SMILES string of the molecule is CNC(C)(C)Cc1ccc(Cl)cc1. The van der Waals surface area contributed by atoms with E-state index in [4.69, 9.17) is 11.6 Å². The molecule has 0 aliphatic rings. The van der Waals surface area contributed by atoms with E-state index in [9.17, 15) is 0 Å². The van der Waals surface area contributed by atoms with Crippen LogP contribution in [-0.4, -0.2) is 12.6 Å². The zero-order chi connectivity index (χ0) is 9.90. The Balaban J connectivity index is 2.69. The minimum absolute atomic E-state index is 0.147. The van der Waals surface area contributed by atoms with E-state index >= 15 is 0 Å². The van der Waals surface area contributed by atoms with Crippen molar-refractivity contribution in [3.05, 3.63) is 34.9 Å². The van der Waals surface area contributed by atoms with Crippen LogP contribution in [0.5, 0.6) is 0 Å². The van der Waals surface area contributed by atoms with E-state index in [1.165, 1.54) is 5.56 Å². The molecule has 0 saturated heterocycles. The van der Waals surface area contributed by atoms with Gasteiger partial charge < -0.3 is 5.32 Å². The molecule has 0 amide bonds. The molecule has 0 spiro atoms. The van der Waals surface area contributed by atoms with Gasteiger partial charge in [0, 0.05) is 10.6 Å². The standard InChI is InChI=1S/C11H16ClN/c1-11(2,13-3)8-9-4-6-10(12)7-5-9/h4-7,13H,8H2,1-3H3. The van der Waals surface area contributed by atoms with Crippen molar-refractivity contribution in [1.29, 1.82) is 0 Å². The highest BCUT2D eigenvalue weighted by Gasteiger charge is 2.14. The molecule has 0 fully saturated rings. The Labute approximate surface area is 85.1 Å². The molecule has 72 valence electrons. The van der Waals surface area contributed by atoms with Gasteiger partial charge in [0.25, 0.3) is 0 Å². The molecule has 0 radical (unpaired) electrons. The molecular formula is C11H16ClN. The number of hydrogen-bond donors (Lipinski definition) is 1. The maximum Gasteiger partial charge on any atom is 0.0406 e. The average Bonchev–Trinajstić information content (AvgIpc) is 2.09. The Hall–Kier alpha value is -0.530. The number of benzene rings is 1. The van der Waals surface area contributed by atoms with Crippen molar-refractivity contribution >= 4 is 11.6 Å². The third kappa shape index (κ3) is 3.37. The molecule has 1 aromatic rings. The van der Waals surface area contributed by atoms with Crippen LogP contribution in [0.1, 0.15) is 19.4 Å². The van der Waals surface area contributed by atoms with Crippen LogP contribution < -0.4 is 5.32 Å². The van der Waals surface area contributed by atoms with Gasteiger partial charge in [0.2, 0.25) is 0 Å². The fourth-order valence-corrected chi connectivity index (χ4v) is 1.33. The molecule has 1 N–H and O–H groups in total. The van der Waals surface area contributed by atoms with Crippen LogP contribution in [0.4, 0.5) is 0 Å². The molecule has 0 aliphatic heterocycles. The topological polar surface area (TPSA) is 12.0 Å². The van der Waals surface area contributed by atoms with Gasteiger partial charge in [-0.2, -0.15) is 0 Å². The van der Waals surface area contributed by atoms with Crippen molar-refractivity contribution in [2.24, 2.45) is 0 Å². The summed E-state index contributed by atoms with van der Waals surface area (Å²) in [5.41, 5.74) is 1.46. The van der Waals surface area contributed by atoms with Crippen LogP contribution in [0.2, 0.25) is 5.02 Å². The van der Waals surface area contributed by atoms with E-state index in [1.807, 2.05) is 19.2 Å². The second-order valence-corrected chi connectivity index (χ2v) is 4.37. The zero-order valence-corrected chi connectivity index (χ0v) is 9.15. The molecule has 0 aromatic heterocycles. The maximum atomic E-state index is 5.80. The van der Waals surface area contributed by atoms with E-state index in [1.54, 1.807) is 0 Å². The van der Waals surface area contributed by atoms with Crippen molar-refractivity contribution in [2.45, 2.75) is 25.8 Å². The molecule has 13 heavy (non-hydrogen) atoms. The van der Waals surface area contributed by atoms with Crippen molar-refractivity contribution in [1.82, 2.24) is 5.32 Å². The first-order valence-electron chi connectivity index (χ1n) is 4.47. The Morgan fingerprint density at radius 1 is 1.23 bits per heavy atom. The van der Waals surface area contributed by atoms with E-state index in [-0.39, 0.29) is 5.54 Å². The lowest BCUT2D eigenvalue weighted by Crippen LogP contribution is -2.38. The van der Waals surface area contributed by atoms with E-state index in [0.29, 0.717) is 0 Å². The van der Waals surface area contributed by atoms with Gasteiger partial charge >= 0.3 is 0 Å². The second-order valence-electron chi connectivity index (χ2n) is 3.94. The van der Waals surface area contributed by atoms with Gasteiger partial charge in [0.05, 0.1) is 0 Å². The van der Waals surface area contributed by atoms with Crippen LogP contribution in [0, 0.1) is 0 Å². The summed E-state index contributed by atoms with van der Waals surface area (Å²) in [5, 5.41) is 4.07. The third-order valence-electron chi connectivity index (χ3n) is 2.24. The molecule has 0 saturated carbocycles. The molecule has 0 bridgehead atoms. The number of rotatable bonds is 3. The summed E-state index contributed by atoms with van der Waals surface area (Å²) >= 11 is 5.80. The van der Waals surface area contributed by atoms with Crippen molar-refractivity contribution in [2.75, 3.05) is 7.05 Å². The van der Waals surface area contributed by atoms with E-state index < -0.39 is 0 Å². The van der Waals surface area contributed by atoms with Gasteiger partial charge in [-0.1, -0.05) is 23.7 Å². The van der Waals surface area contributed by atoms with Crippen LogP contribution in [0.3, 0.4) is 0 Å². The number of nitrogens with one attached hydrogen (secondary N) is 1. The second kappa shape index (κ2) is 4.12. The summed E-state index contributed by atoms with van der Waals surface area (Å²) in [6.45, 7) is 4.36. The molecule has 0 aliphatic carbocycles. The Bertz CT molecular complexity index is 264. The summed E-state index contributed by atoms with van der Waals surface area (Å²) in [5.74, 6) is 0. The molecule has 2 heteroatoms. The number of likely N-dealkylation sites (N-methyl/N-ethyl adjacent to an activating group) is 1. The van der Waals surface area contributed by atoms with Gasteiger partial charge in [0.1, 0.15) is 0 Å². The minimum Gasteiger partial charge on any atom is -0.314 e. The van der Waals surface area contributed by atoms with E-state index in [2.05, 4.69) is 31.3 Å². The predicted molar refractivity (Wildman–Crippen MR) is 58.3 cm³/mol. The summed E-state index contributed by atoms with van der Waals surface area (Å²) in [6, 6.07) is 8.01. The number of halogens is 1. The third-order valence-corrected chi connectivity index (χ3v) is 2.49. The summed E-state index contributed by atoms with van der Waals surface area (Å²) < 4.78 is 0. The Kier molecular flexibility index (Phi) is 3.34. The molecule has 1 nitrogen and oxygen atoms in total. The van der Waals surface area contributed by atoms with Crippen molar-refractivity contribution in [3.8, 4) is 0 Å². The lowest BCUT2D eigenvalue weighted by atomic mass is 9.95. The minimum atomic E-state index is 0.147. The van der Waals surface area contributed by atoms with Crippen molar-refractivity contribution in [3.63, 3.8) is 0 Å². The first kappa shape index (κ1) is 10.6. The molecular weight excluding hydrogens is 182 g/mol. The van der Waals surface area contributed by atoms with Crippen LogP contribution in [0.25, 0.3) is 0 Å². The highest BCUT2D eigenvalue weighted by molar-refractivity contribution is 6.30. The highest BCUT2D eigenvalue weighted by Crippen LogP contribution is 2.15. The largest absolute Gasteiger partial charge is 0.314 e. The van der Waals surface area contributed by atoms with Crippen LogP contribution in [0.15, 0.2) is 24.3 Å². The molecule has 0 atom stereocenters. The van der Waals surface area contributed by atoms with Gasteiger partial charge in [-0.3, -0.25) is 0 Å². The molecule has 1 rings (SSSR count). The summed E-state index contributed by atoms with van der Waals surface area (Å²) in [4.78, 5) is 0. The smallest absolute Gasteiger partial charge is 0.0406 e. The molecule has 0 unspecified atom stereocenters. The quantitative estimate of drug-likeness (QED) is 0.786. The normalized spacial score (nSPS) is 11.7. The van der Waals surface area contributed by atoms with Gasteiger partial charge in [-0.15, -0.1) is 0 Å². The lowest BCUT2D eigenvalue weighted by molar-refractivity contribution is 0.422. The summed E-state index contributed by atoms with van der Waals surface area (Å²) in [7, 11) is 1.98. The first-order chi connectivity index (χ1) is 6.03. The zero-order valence-electron chi connectivity index (χ0n) is 8.39. The Morgan fingerprint density at radius 3 is 2.23 bits per heavy atom. The predicted octanol–water partition coefficient (Wildman–Crippen LogP) is 2.88.